The first-order valence-electron chi connectivity index (χ1n) is 7.03. The van der Waals surface area contributed by atoms with Gasteiger partial charge in [0.15, 0.2) is 0 Å². The number of rotatable bonds is 5. The maximum Gasteiger partial charge on any atom is 0.118 e. The summed E-state index contributed by atoms with van der Waals surface area (Å²) in [6.07, 6.45) is 2.57. The van der Waals surface area contributed by atoms with E-state index in [1.165, 1.54) is 18.4 Å². The maximum atomic E-state index is 6.03. The molecule has 21 heavy (non-hydrogen) atoms. The van der Waals surface area contributed by atoms with Gasteiger partial charge in [-0.1, -0.05) is 23.7 Å². The lowest BCUT2D eigenvalue weighted by atomic mass is 10.0. The summed E-state index contributed by atoms with van der Waals surface area (Å²) in [6, 6.07) is 14.7. The van der Waals surface area contributed by atoms with Crippen molar-refractivity contribution in [2.45, 2.75) is 18.9 Å². The van der Waals surface area contributed by atoms with Crippen LogP contribution in [0.2, 0.25) is 5.02 Å². The number of benzene rings is 2. The fraction of sp³-hybridized carbons (Fsp3) is 0.294. The van der Waals surface area contributed by atoms with Crippen LogP contribution in [0.15, 0.2) is 42.5 Å². The Morgan fingerprint density at radius 3 is 2.48 bits per heavy atom. The minimum absolute atomic E-state index is 0.352. The Balaban J connectivity index is 1.84. The Labute approximate surface area is 144 Å². The third-order valence-corrected chi connectivity index (χ3v) is 4.94. The van der Waals surface area contributed by atoms with E-state index in [-0.39, 0.29) is 0 Å². The van der Waals surface area contributed by atoms with Crippen LogP contribution in [0.5, 0.6) is 5.75 Å². The molecule has 3 rings (SSSR count). The average molecular weight is 414 g/mol. The Morgan fingerprint density at radius 1 is 1.19 bits per heavy atom. The fourth-order valence-electron chi connectivity index (χ4n) is 2.49. The van der Waals surface area contributed by atoms with Gasteiger partial charge in [0.1, 0.15) is 5.75 Å². The molecule has 1 aliphatic carbocycles. The van der Waals surface area contributed by atoms with Crippen LogP contribution < -0.4 is 10.1 Å². The zero-order valence-electron chi connectivity index (χ0n) is 11.8. The molecule has 1 saturated carbocycles. The summed E-state index contributed by atoms with van der Waals surface area (Å²) in [5.41, 5.74) is 2.46. The van der Waals surface area contributed by atoms with Gasteiger partial charge in [0.25, 0.3) is 0 Å². The zero-order chi connectivity index (χ0) is 14.8. The van der Waals surface area contributed by atoms with Crippen molar-refractivity contribution >= 4 is 39.9 Å². The van der Waals surface area contributed by atoms with Crippen molar-refractivity contribution in [3.63, 3.8) is 0 Å². The summed E-state index contributed by atoms with van der Waals surface area (Å²) in [4.78, 5) is 0. The van der Waals surface area contributed by atoms with Crippen molar-refractivity contribution < 1.29 is 4.74 Å². The van der Waals surface area contributed by atoms with E-state index in [1.807, 2.05) is 24.3 Å². The topological polar surface area (TPSA) is 21.3 Å². The molecule has 1 aliphatic rings. The predicted octanol–water partition coefficient (Wildman–Crippen LogP) is 5.52. The number of hydrogen-bond acceptors (Lipinski definition) is 2. The van der Waals surface area contributed by atoms with E-state index in [0.29, 0.717) is 12.0 Å². The first-order chi connectivity index (χ1) is 10.2. The normalized spacial score (nSPS) is 15.6. The molecule has 0 amide bonds. The molecule has 0 aromatic heterocycles. The lowest BCUT2D eigenvalue weighted by Crippen LogP contribution is -2.13. The standard InChI is InChI=1S/C17H17ClINO/c1-21-14-7-4-12(5-8-14)17(11-2-3-11)20-16-9-6-13(18)10-15(16)19/h4-11,17,20H,2-3H2,1H3. The Bertz CT molecular complexity index is 625. The molecule has 0 aliphatic heterocycles. The molecule has 2 aromatic rings. The molecule has 110 valence electrons. The van der Waals surface area contributed by atoms with Gasteiger partial charge in [-0.25, -0.2) is 0 Å². The van der Waals surface area contributed by atoms with E-state index in [9.17, 15) is 0 Å². The Hall–Kier alpha value is -0.940. The van der Waals surface area contributed by atoms with Gasteiger partial charge in [-0.15, -0.1) is 0 Å². The molecule has 0 heterocycles. The molecule has 1 atom stereocenters. The monoisotopic (exact) mass is 413 g/mol. The summed E-state index contributed by atoms with van der Waals surface area (Å²) in [6.45, 7) is 0. The van der Waals surface area contributed by atoms with Crippen LogP contribution in [-0.4, -0.2) is 7.11 Å². The third-order valence-electron chi connectivity index (χ3n) is 3.81. The molecule has 0 radical (unpaired) electrons. The highest BCUT2D eigenvalue weighted by Crippen LogP contribution is 2.43. The molecule has 1 N–H and O–H groups in total. The number of anilines is 1. The molecule has 0 bridgehead atoms. The molecule has 1 unspecified atom stereocenters. The van der Waals surface area contributed by atoms with Gasteiger partial charge in [0.05, 0.1) is 13.2 Å². The SMILES string of the molecule is COc1ccc(C(Nc2ccc(Cl)cc2I)C2CC2)cc1. The van der Waals surface area contributed by atoms with Crippen LogP contribution in [0.3, 0.4) is 0 Å². The van der Waals surface area contributed by atoms with Crippen molar-refractivity contribution in [1.29, 1.82) is 0 Å². The smallest absolute Gasteiger partial charge is 0.118 e. The van der Waals surface area contributed by atoms with E-state index in [1.54, 1.807) is 7.11 Å². The van der Waals surface area contributed by atoms with Gasteiger partial charge in [-0.3, -0.25) is 0 Å². The molecule has 2 aromatic carbocycles. The number of hydrogen-bond donors (Lipinski definition) is 1. The number of halogens is 2. The van der Waals surface area contributed by atoms with Crippen LogP contribution in [0.4, 0.5) is 5.69 Å². The van der Waals surface area contributed by atoms with Crippen LogP contribution in [0.1, 0.15) is 24.4 Å². The second kappa shape index (κ2) is 6.44. The second-order valence-corrected chi connectivity index (χ2v) is 6.96. The van der Waals surface area contributed by atoms with Crippen LogP contribution in [0, 0.1) is 9.49 Å². The van der Waals surface area contributed by atoms with Gasteiger partial charge in [-0.2, -0.15) is 0 Å². The van der Waals surface area contributed by atoms with Crippen LogP contribution in [-0.2, 0) is 0 Å². The third kappa shape index (κ3) is 3.64. The molecular weight excluding hydrogens is 397 g/mol. The predicted molar refractivity (Wildman–Crippen MR) is 96.3 cm³/mol. The Kier molecular flexibility index (Phi) is 4.60. The van der Waals surface area contributed by atoms with E-state index >= 15 is 0 Å². The highest BCUT2D eigenvalue weighted by atomic mass is 127. The first-order valence-corrected chi connectivity index (χ1v) is 8.48. The highest BCUT2D eigenvalue weighted by molar-refractivity contribution is 14.1. The van der Waals surface area contributed by atoms with Crippen molar-refractivity contribution in [3.05, 3.63) is 56.6 Å². The van der Waals surface area contributed by atoms with E-state index < -0.39 is 0 Å². The summed E-state index contributed by atoms with van der Waals surface area (Å²) < 4.78 is 6.39. The summed E-state index contributed by atoms with van der Waals surface area (Å²) >= 11 is 8.36. The fourth-order valence-corrected chi connectivity index (χ4v) is 3.52. The minimum atomic E-state index is 0.352. The molecule has 0 saturated heterocycles. The number of ether oxygens (including phenoxy) is 1. The van der Waals surface area contributed by atoms with Crippen molar-refractivity contribution in [1.82, 2.24) is 0 Å². The van der Waals surface area contributed by atoms with E-state index in [4.69, 9.17) is 16.3 Å². The van der Waals surface area contributed by atoms with Gasteiger partial charge in [0.2, 0.25) is 0 Å². The lowest BCUT2D eigenvalue weighted by Gasteiger charge is -2.21. The van der Waals surface area contributed by atoms with Gasteiger partial charge < -0.3 is 10.1 Å². The lowest BCUT2D eigenvalue weighted by molar-refractivity contribution is 0.414. The van der Waals surface area contributed by atoms with Gasteiger partial charge in [-0.05, 0) is 77.2 Å². The molecule has 0 spiro atoms. The van der Waals surface area contributed by atoms with E-state index in [2.05, 4.69) is 46.1 Å². The average Bonchev–Trinajstić information content (AvgIpc) is 3.31. The van der Waals surface area contributed by atoms with Crippen molar-refractivity contribution in [2.75, 3.05) is 12.4 Å². The van der Waals surface area contributed by atoms with Crippen LogP contribution >= 0.6 is 34.2 Å². The summed E-state index contributed by atoms with van der Waals surface area (Å²) in [5, 5.41) is 4.46. The van der Waals surface area contributed by atoms with E-state index in [0.717, 1.165) is 20.0 Å². The first kappa shape index (κ1) is 15.0. The summed E-state index contributed by atoms with van der Waals surface area (Å²) in [7, 11) is 1.70. The highest BCUT2D eigenvalue weighted by Gasteiger charge is 2.32. The molecule has 4 heteroatoms. The zero-order valence-corrected chi connectivity index (χ0v) is 14.7. The van der Waals surface area contributed by atoms with Gasteiger partial charge >= 0.3 is 0 Å². The van der Waals surface area contributed by atoms with Crippen molar-refractivity contribution in [2.24, 2.45) is 5.92 Å². The number of nitrogens with one attached hydrogen (secondary N) is 1. The molecule has 2 nitrogen and oxygen atoms in total. The summed E-state index contributed by atoms with van der Waals surface area (Å²) in [5.74, 6) is 1.61. The molecular formula is C17H17ClINO. The van der Waals surface area contributed by atoms with Gasteiger partial charge in [0, 0.05) is 14.3 Å². The quantitative estimate of drug-likeness (QED) is 0.652. The number of methoxy groups -OCH3 is 1. The molecule has 1 fully saturated rings. The van der Waals surface area contributed by atoms with Crippen LogP contribution in [0.25, 0.3) is 0 Å². The van der Waals surface area contributed by atoms with Crippen molar-refractivity contribution in [3.8, 4) is 5.75 Å². The second-order valence-electron chi connectivity index (χ2n) is 5.36. The Morgan fingerprint density at radius 2 is 1.90 bits per heavy atom. The minimum Gasteiger partial charge on any atom is -0.497 e. The largest absolute Gasteiger partial charge is 0.497 e. The maximum absolute atomic E-state index is 6.03.